The van der Waals surface area contributed by atoms with Crippen LogP contribution >= 0.6 is 23.2 Å². The Labute approximate surface area is 165 Å². The van der Waals surface area contributed by atoms with Crippen LogP contribution < -0.4 is 10.2 Å². The molecule has 0 aliphatic carbocycles. The van der Waals surface area contributed by atoms with Gasteiger partial charge in [-0.3, -0.25) is 15.0 Å². The molecule has 0 atom stereocenters. The number of hydrogen-bond acceptors (Lipinski definition) is 8. The lowest BCUT2D eigenvalue weighted by Gasteiger charge is -2.34. The summed E-state index contributed by atoms with van der Waals surface area (Å²) in [5.74, 6) is 0.297. The SMILES string of the molecule is O=[N+]([O-])c1c(Nc2cccc(Cl)c2Cl)ncnc1N1CCN(CCO)CC1. The number of piperazine rings is 1. The standard InChI is InChI=1S/C16H18Cl2N6O3/c17-11-2-1-3-12(13(11)18)21-15-14(24(26)27)16(20-10-19-15)23-6-4-22(5-7-23)8-9-25/h1-3,10,25H,4-9H2,(H,19,20,21). The average molecular weight is 413 g/mol. The van der Waals surface area contributed by atoms with E-state index in [1.807, 2.05) is 4.90 Å². The number of halogens is 2. The largest absolute Gasteiger partial charge is 0.395 e. The zero-order chi connectivity index (χ0) is 19.4. The highest BCUT2D eigenvalue weighted by Gasteiger charge is 2.29. The highest BCUT2D eigenvalue weighted by molar-refractivity contribution is 6.43. The van der Waals surface area contributed by atoms with Crippen molar-refractivity contribution in [2.75, 3.05) is 49.5 Å². The van der Waals surface area contributed by atoms with E-state index in [1.165, 1.54) is 6.33 Å². The van der Waals surface area contributed by atoms with Crippen LogP contribution in [0.3, 0.4) is 0 Å². The molecule has 1 aliphatic heterocycles. The molecule has 1 saturated heterocycles. The molecular formula is C16H18Cl2N6O3. The predicted octanol–water partition coefficient (Wildman–Crippen LogP) is 2.55. The van der Waals surface area contributed by atoms with E-state index >= 15 is 0 Å². The molecule has 0 saturated carbocycles. The van der Waals surface area contributed by atoms with Crippen LogP contribution in [0, 0.1) is 10.1 Å². The molecule has 11 heteroatoms. The van der Waals surface area contributed by atoms with Gasteiger partial charge in [0, 0.05) is 32.7 Å². The number of hydrogen-bond donors (Lipinski definition) is 2. The second-order valence-corrected chi connectivity index (χ2v) is 6.72. The van der Waals surface area contributed by atoms with Crippen molar-refractivity contribution in [3.05, 3.63) is 44.7 Å². The molecule has 0 spiro atoms. The summed E-state index contributed by atoms with van der Waals surface area (Å²) < 4.78 is 0. The van der Waals surface area contributed by atoms with E-state index in [0.29, 0.717) is 43.4 Å². The fraction of sp³-hybridized carbons (Fsp3) is 0.375. The minimum Gasteiger partial charge on any atom is -0.395 e. The molecule has 27 heavy (non-hydrogen) atoms. The van der Waals surface area contributed by atoms with Crippen molar-refractivity contribution in [1.82, 2.24) is 14.9 Å². The lowest BCUT2D eigenvalue weighted by atomic mass is 10.2. The van der Waals surface area contributed by atoms with Crippen LogP contribution in [0.5, 0.6) is 0 Å². The summed E-state index contributed by atoms with van der Waals surface area (Å²) in [7, 11) is 0. The van der Waals surface area contributed by atoms with Crippen molar-refractivity contribution in [2.24, 2.45) is 0 Å². The first-order valence-corrected chi connectivity index (χ1v) is 9.05. The van der Waals surface area contributed by atoms with Gasteiger partial charge in [0.2, 0.25) is 11.6 Å². The highest BCUT2D eigenvalue weighted by Crippen LogP contribution is 2.37. The molecule has 9 nitrogen and oxygen atoms in total. The maximum absolute atomic E-state index is 11.8. The Morgan fingerprint density at radius 2 is 1.96 bits per heavy atom. The molecular weight excluding hydrogens is 395 g/mol. The smallest absolute Gasteiger partial charge is 0.353 e. The molecule has 0 amide bonds. The van der Waals surface area contributed by atoms with Crippen molar-refractivity contribution < 1.29 is 10.0 Å². The first-order valence-electron chi connectivity index (χ1n) is 8.30. The fourth-order valence-corrected chi connectivity index (χ4v) is 3.26. The van der Waals surface area contributed by atoms with Gasteiger partial charge in [-0.1, -0.05) is 29.3 Å². The molecule has 1 aromatic carbocycles. The van der Waals surface area contributed by atoms with E-state index in [9.17, 15) is 10.1 Å². The predicted molar refractivity (Wildman–Crippen MR) is 104 cm³/mol. The summed E-state index contributed by atoms with van der Waals surface area (Å²) in [5, 5.41) is 24.3. The van der Waals surface area contributed by atoms with Crippen LogP contribution in [0.1, 0.15) is 0 Å². The van der Waals surface area contributed by atoms with E-state index in [1.54, 1.807) is 18.2 Å². The van der Waals surface area contributed by atoms with Crippen molar-refractivity contribution in [1.29, 1.82) is 0 Å². The molecule has 3 rings (SSSR count). The van der Waals surface area contributed by atoms with Crippen molar-refractivity contribution >= 4 is 46.2 Å². The number of nitrogens with zero attached hydrogens (tertiary/aromatic N) is 5. The number of benzene rings is 1. The zero-order valence-electron chi connectivity index (χ0n) is 14.3. The Bertz CT molecular complexity index is 830. The maximum atomic E-state index is 11.8. The molecule has 0 unspecified atom stereocenters. The van der Waals surface area contributed by atoms with E-state index in [0.717, 1.165) is 0 Å². The zero-order valence-corrected chi connectivity index (χ0v) is 15.8. The monoisotopic (exact) mass is 412 g/mol. The molecule has 1 aliphatic rings. The molecule has 0 radical (unpaired) electrons. The second kappa shape index (κ2) is 8.66. The molecule has 0 bridgehead atoms. The van der Waals surface area contributed by atoms with Crippen LogP contribution in [0.2, 0.25) is 10.0 Å². The number of anilines is 3. The minimum atomic E-state index is -0.504. The summed E-state index contributed by atoms with van der Waals surface area (Å²) in [5.41, 5.74) is 0.203. The number of aliphatic hydroxyl groups is 1. The third-order valence-corrected chi connectivity index (χ3v) is 5.10. The van der Waals surface area contributed by atoms with E-state index in [2.05, 4.69) is 20.2 Å². The molecule has 1 aromatic heterocycles. The molecule has 2 aromatic rings. The van der Waals surface area contributed by atoms with Gasteiger partial charge in [0.15, 0.2) is 0 Å². The lowest BCUT2D eigenvalue weighted by molar-refractivity contribution is -0.383. The van der Waals surface area contributed by atoms with Gasteiger partial charge in [-0.2, -0.15) is 0 Å². The van der Waals surface area contributed by atoms with E-state index < -0.39 is 4.92 Å². The Kier molecular flexibility index (Phi) is 6.27. The summed E-state index contributed by atoms with van der Waals surface area (Å²) in [4.78, 5) is 23.4. The number of nitrogens with one attached hydrogen (secondary N) is 1. The maximum Gasteiger partial charge on any atom is 0.353 e. The quantitative estimate of drug-likeness (QED) is 0.550. The number of β-amino-alcohol motifs (C(OH)–C–C–N with tert-alkyl or cyclic N) is 1. The first-order chi connectivity index (χ1) is 13.0. The second-order valence-electron chi connectivity index (χ2n) is 5.93. The van der Waals surface area contributed by atoms with Crippen LogP contribution in [0.15, 0.2) is 24.5 Å². The number of nitro groups is 1. The Morgan fingerprint density at radius 1 is 1.22 bits per heavy atom. The molecule has 2 heterocycles. The molecule has 144 valence electrons. The normalized spacial score (nSPS) is 15.0. The molecule has 2 N–H and O–H groups in total. The summed E-state index contributed by atoms with van der Waals surface area (Å²) in [6.45, 7) is 3.17. The van der Waals surface area contributed by atoms with Gasteiger partial charge in [0.25, 0.3) is 0 Å². The third-order valence-electron chi connectivity index (χ3n) is 4.28. The fourth-order valence-electron chi connectivity index (χ4n) is 2.91. The van der Waals surface area contributed by atoms with Crippen LogP contribution in [0.4, 0.5) is 23.0 Å². The third kappa shape index (κ3) is 4.38. The minimum absolute atomic E-state index is 0.0481. The van der Waals surface area contributed by atoms with E-state index in [4.69, 9.17) is 28.3 Å². The van der Waals surface area contributed by atoms with Crippen LogP contribution in [0.25, 0.3) is 0 Å². The lowest BCUT2D eigenvalue weighted by Crippen LogP contribution is -2.47. The van der Waals surface area contributed by atoms with Gasteiger partial charge < -0.3 is 15.3 Å². The van der Waals surface area contributed by atoms with Gasteiger partial charge in [-0.25, -0.2) is 9.97 Å². The topological polar surface area (TPSA) is 108 Å². The molecule has 1 fully saturated rings. The van der Waals surface area contributed by atoms with E-state index in [-0.39, 0.29) is 29.0 Å². The van der Waals surface area contributed by atoms with Crippen LogP contribution in [-0.2, 0) is 0 Å². The van der Waals surface area contributed by atoms with Crippen molar-refractivity contribution in [2.45, 2.75) is 0 Å². The average Bonchev–Trinajstić information content (AvgIpc) is 2.66. The first kappa shape index (κ1) is 19.6. The van der Waals surface area contributed by atoms with Gasteiger partial charge in [0.1, 0.15) is 6.33 Å². The summed E-state index contributed by atoms with van der Waals surface area (Å²) in [6, 6.07) is 4.97. The van der Waals surface area contributed by atoms with Gasteiger partial charge in [0.05, 0.1) is 27.3 Å². The number of aromatic nitrogens is 2. The van der Waals surface area contributed by atoms with Crippen molar-refractivity contribution in [3.63, 3.8) is 0 Å². The Balaban J connectivity index is 1.89. The highest BCUT2D eigenvalue weighted by atomic mass is 35.5. The summed E-state index contributed by atoms with van der Waals surface area (Å²) in [6.07, 6.45) is 1.28. The van der Waals surface area contributed by atoms with Crippen LogP contribution in [-0.4, -0.2) is 64.2 Å². The summed E-state index contributed by atoms with van der Waals surface area (Å²) >= 11 is 12.2. The van der Waals surface area contributed by atoms with Gasteiger partial charge in [-0.15, -0.1) is 0 Å². The van der Waals surface area contributed by atoms with Crippen molar-refractivity contribution in [3.8, 4) is 0 Å². The van der Waals surface area contributed by atoms with Gasteiger partial charge >= 0.3 is 5.69 Å². The Morgan fingerprint density at radius 3 is 2.63 bits per heavy atom. The number of rotatable bonds is 6. The Hall–Kier alpha value is -2.20. The number of aliphatic hydroxyl groups excluding tert-OH is 1. The van der Waals surface area contributed by atoms with Gasteiger partial charge in [-0.05, 0) is 12.1 Å².